The number of nitrogens with zero attached hydrogens (tertiary/aromatic N) is 1. The third kappa shape index (κ3) is 2.51. The standard InChI is InChI=1S/C13H18NO/c1-2-10-15-13-8-4-3-6-11(13)12-7-5-9-14-12/h3-4,6,8,12H,2,5,7,9-10H2,1H3. The molecule has 2 heteroatoms. The highest BCUT2D eigenvalue weighted by Gasteiger charge is 2.20. The first-order chi connectivity index (χ1) is 7.42. The predicted octanol–water partition coefficient (Wildman–Crippen LogP) is 2.91. The van der Waals surface area contributed by atoms with Crippen LogP contribution in [0.15, 0.2) is 24.3 Å². The van der Waals surface area contributed by atoms with Crippen LogP contribution in [0.4, 0.5) is 0 Å². The smallest absolute Gasteiger partial charge is 0.124 e. The molecule has 81 valence electrons. The molecular formula is C13H18NO. The van der Waals surface area contributed by atoms with E-state index in [0.29, 0.717) is 6.04 Å². The van der Waals surface area contributed by atoms with Gasteiger partial charge in [0.15, 0.2) is 0 Å². The largest absolute Gasteiger partial charge is 0.493 e. The van der Waals surface area contributed by atoms with Gasteiger partial charge in [-0.05, 0) is 25.3 Å². The second-order valence-corrected chi connectivity index (χ2v) is 3.95. The molecule has 0 aliphatic carbocycles. The number of para-hydroxylation sites is 1. The van der Waals surface area contributed by atoms with Gasteiger partial charge in [-0.2, -0.15) is 0 Å². The Morgan fingerprint density at radius 1 is 1.40 bits per heavy atom. The second-order valence-electron chi connectivity index (χ2n) is 3.95. The number of benzene rings is 1. The molecule has 2 nitrogen and oxygen atoms in total. The summed E-state index contributed by atoms with van der Waals surface area (Å²) in [6, 6.07) is 8.67. The van der Waals surface area contributed by atoms with Gasteiger partial charge in [0.1, 0.15) is 5.75 Å². The molecule has 0 bridgehead atoms. The zero-order chi connectivity index (χ0) is 10.5. The highest BCUT2D eigenvalue weighted by molar-refractivity contribution is 5.36. The van der Waals surface area contributed by atoms with E-state index < -0.39 is 0 Å². The van der Waals surface area contributed by atoms with Crippen LogP contribution in [0.2, 0.25) is 0 Å². The van der Waals surface area contributed by atoms with Crippen LogP contribution in [0.3, 0.4) is 0 Å². The predicted molar refractivity (Wildman–Crippen MR) is 61.2 cm³/mol. The lowest BCUT2D eigenvalue weighted by Crippen LogP contribution is -2.08. The van der Waals surface area contributed by atoms with Crippen molar-refractivity contribution < 1.29 is 4.74 Å². The lowest BCUT2D eigenvalue weighted by atomic mass is 10.0. The molecule has 0 aromatic heterocycles. The van der Waals surface area contributed by atoms with Crippen LogP contribution in [0.25, 0.3) is 0 Å². The first-order valence-corrected chi connectivity index (χ1v) is 5.80. The van der Waals surface area contributed by atoms with Crippen LogP contribution in [0, 0.1) is 0 Å². The van der Waals surface area contributed by atoms with Crippen LogP contribution in [0.5, 0.6) is 5.75 Å². The maximum Gasteiger partial charge on any atom is 0.124 e. The quantitative estimate of drug-likeness (QED) is 0.739. The van der Waals surface area contributed by atoms with Gasteiger partial charge >= 0.3 is 0 Å². The molecule has 1 unspecified atom stereocenters. The van der Waals surface area contributed by atoms with E-state index in [4.69, 9.17) is 4.74 Å². The minimum absolute atomic E-state index is 0.373. The summed E-state index contributed by atoms with van der Waals surface area (Å²) < 4.78 is 5.74. The first-order valence-electron chi connectivity index (χ1n) is 5.80. The Morgan fingerprint density at radius 3 is 3.00 bits per heavy atom. The Hall–Kier alpha value is -1.02. The van der Waals surface area contributed by atoms with E-state index in [9.17, 15) is 0 Å². The molecule has 1 atom stereocenters. The average Bonchev–Trinajstić information content (AvgIpc) is 2.80. The summed E-state index contributed by atoms with van der Waals surface area (Å²) in [5.74, 6) is 1.02. The monoisotopic (exact) mass is 204 g/mol. The Morgan fingerprint density at radius 2 is 2.27 bits per heavy atom. The minimum Gasteiger partial charge on any atom is -0.493 e. The first kappa shape index (κ1) is 10.5. The number of rotatable bonds is 4. The summed E-state index contributed by atoms with van der Waals surface area (Å²) in [5, 5.41) is 4.59. The van der Waals surface area contributed by atoms with Crippen molar-refractivity contribution >= 4 is 0 Å². The lowest BCUT2D eigenvalue weighted by molar-refractivity contribution is 0.311. The van der Waals surface area contributed by atoms with E-state index in [-0.39, 0.29) is 0 Å². The molecule has 0 saturated carbocycles. The summed E-state index contributed by atoms with van der Waals surface area (Å²) >= 11 is 0. The van der Waals surface area contributed by atoms with Gasteiger partial charge in [0, 0.05) is 12.1 Å². The highest BCUT2D eigenvalue weighted by atomic mass is 16.5. The summed E-state index contributed by atoms with van der Waals surface area (Å²) in [4.78, 5) is 0. The van der Waals surface area contributed by atoms with E-state index in [1.165, 1.54) is 18.4 Å². The molecule has 1 aliphatic heterocycles. The van der Waals surface area contributed by atoms with E-state index in [2.05, 4.69) is 30.4 Å². The molecule has 1 radical (unpaired) electrons. The van der Waals surface area contributed by atoms with E-state index in [0.717, 1.165) is 25.3 Å². The lowest BCUT2D eigenvalue weighted by Gasteiger charge is -2.15. The zero-order valence-electron chi connectivity index (χ0n) is 9.28. The SMILES string of the molecule is CCCOc1ccccc1C1CCC[N]1. The third-order valence-corrected chi connectivity index (χ3v) is 2.72. The zero-order valence-corrected chi connectivity index (χ0v) is 9.28. The maximum absolute atomic E-state index is 5.74. The molecule has 15 heavy (non-hydrogen) atoms. The van der Waals surface area contributed by atoms with Crippen LogP contribution >= 0.6 is 0 Å². The van der Waals surface area contributed by atoms with Crippen LogP contribution in [-0.2, 0) is 0 Å². The molecule has 1 aromatic rings. The molecule has 0 spiro atoms. The topological polar surface area (TPSA) is 23.3 Å². The van der Waals surface area contributed by atoms with Gasteiger partial charge in [-0.1, -0.05) is 25.1 Å². The van der Waals surface area contributed by atoms with E-state index >= 15 is 0 Å². The van der Waals surface area contributed by atoms with Crippen molar-refractivity contribution in [3.8, 4) is 5.75 Å². The van der Waals surface area contributed by atoms with Crippen molar-refractivity contribution in [2.45, 2.75) is 32.2 Å². The molecule has 1 aromatic carbocycles. The van der Waals surface area contributed by atoms with Crippen molar-refractivity contribution in [1.82, 2.24) is 5.32 Å². The molecule has 1 aliphatic rings. The fourth-order valence-corrected chi connectivity index (χ4v) is 1.98. The molecule has 2 rings (SSSR count). The van der Waals surface area contributed by atoms with Gasteiger partial charge in [0.05, 0.1) is 12.6 Å². The van der Waals surface area contributed by atoms with Gasteiger partial charge in [0.2, 0.25) is 0 Å². The van der Waals surface area contributed by atoms with Crippen LogP contribution in [-0.4, -0.2) is 13.2 Å². The minimum atomic E-state index is 0.373. The van der Waals surface area contributed by atoms with Crippen molar-refractivity contribution in [2.75, 3.05) is 13.2 Å². The van der Waals surface area contributed by atoms with E-state index in [1.54, 1.807) is 0 Å². The number of ether oxygens (including phenoxy) is 1. The molecule has 1 heterocycles. The van der Waals surface area contributed by atoms with Gasteiger partial charge in [-0.25, -0.2) is 5.32 Å². The van der Waals surface area contributed by atoms with Crippen LogP contribution in [0.1, 0.15) is 37.8 Å². The van der Waals surface area contributed by atoms with Crippen molar-refractivity contribution in [2.24, 2.45) is 0 Å². The normalized spacial score (nSPS) is 20.5. The van der Waals surface area contributed by atoms with Crippen LogP contribution < -0.4 is 10.1 Å². The van der Waals surface area contributed by atoms with Crippen molar-refractivity contribution in [1.29, 1.82) is 0 Å². The number of hydrogen-bond acceptors (Lipinski definition) is 1. The van der Waals surface area contributed by atoms with Gasteiger partial charge in [0.25, 0.3) is 0 Å². The summed E-state index contributed by atoms with van der Waals surface area (Å²) in [7, 11) is 0. The van der Waals surface area contributed by atoms with Crippen molar-refractivity contribution in [3.63, 3.8) is 0 Å². The Kier molecular flexibility index (Phi) is 3.62. The third-order valence-electron chi connectivity index (χ3n) is 2.72. The Bertz CT molecular complexity index is 305. The maximum atomic E-state index is 5.74. The second kappa shape index (κ2) is 5.17. The molecule has 1 saturated heterocycles. The summed E-state index contributed by atoms with van der Waals surface area (Å²) in [6.07, 6.45) is 3.44. The molecule has 1 fully saturated rings. The molecular weight excluding hydrogens is 186 g/mol. The van der Waals surface area contributed by atoms with Gasteiger partial charge < -0.3 is 4.74 Å². The van der Waals surface area contributed by atoms with Crippen molar-refractivity contribution in [3.05, 3.63) is 29.8 Å². The average molecular weight is 204 g/mol. The van der Waals surface area contributed by atoms with E-state index in [1.807, 2.05) is 6.07 Å². The van der Waals surface area contributed by atoms with Gasteiger partial charge in [-0.3, -0.25) is 0 Å². The Labute approximate surface area is 91.6 Å². The summed E-state index contributed by atoms with van der Waals surface area (Å²) in [5.41, 5.74) is 1.27. The number of hydrogen-bond donors (Lipinski definition) is 0. The fourth-order valence-electron chi connectivity index (χ4n) is 1.98. The fraction of sp³-hybridized carbons (Fsp3) is 0.538. The highest BCUT2D eigenvalue weighted by Crippen LogP contribution is 2.31. The Balaban J connectivity index is 2.13. The molecule has 0 amide bonds. The van der Waals surface area contributed by atoms with Gasteiger partial charge in [-0.15, -0.1) is 0 Å². The molecule has 0 N–H and O–H groups in total. The summed E-state index contributed by atoms with van der Waals surface area (Å²) in [6.45, 7) is 3.93.